The lowest BCUT2D eigenvalue weighted by Crippen LogP contribution is -2.38. The van der Waals surface area contributed by atoms with Gasteiger partial charge in [-0.1, -0.05) is 19.9 Å². The molecule has 3 heterocycles. The third-order valence-electron chi connectivity index (χ3n) is 8.09. The van der Waals surface area contributed by atoms with Crippen LogP contribution >= 0.6 is 0 Å². The lowest BCUT2D eigenvalue weighted by atomic mass is 9.66. The van der Waals surface area contributed by atoms with Gasteiger partial charge in [0.1, 0.15) is 17.5 Å². The number of nitrogens with one attached hydrogen (secondary N) is 1. The van der Waals surface area contributed by atoms with Crippen molar-refractivity contribution in [3.8, 4) is 22.6 Å². The molecule has 0 spiro atoms. The van der Waals surface area contributed by atoms with Crippen molar-refractivity contribution >= 4 is 9.84 Å². The fourth-order valence-corrected chi connectivity index (χ4v) is 6.89. The van der Waals surface area contributed by atoms with E-state index in [4.69, 9.17) is 0 Å². The van der Waals surface area contributed by atoms with Crippen LogP contribution in [0.3, 0.4) is 0 Å². The molecule has 1 fully saturated rings. The molecule has 190 valence electrons. The summed E-state index contributed by atoms with van der Waals surface area (Å²) in [4.78, 5) is 7.42. The molecule has 1 aromatic carbocycles. The van der Waals surface area contributed by atoms with Crippen LogP contribution in [0.15, 0.2) is 41.4 Å². The quantitative estimate of drug-likeness (QED) is 0.419. The molecule has 0 aliphatic heterocycles. The predicted molar refractivity (Wildman–Crippen MR) is 131 cm³/mol. The van der Waals surface area contributed by atoms with Gasteiger partial charge in [-0.2, -0.15) is 5.10 Å². The van der Waals surface area contributed by atoms with Crippen molar-refractivity contribution in [2.75, 3.05) is 6.26 Å². The number of benzene rings is 1. The average Bonchev–Trinajstić information content (AvgIpc) is 3.44. The van der Waals surface area contributed by atoms with E-state index in [0.717, 1.165) is 24.7 Å². The second-order valence-corrected chi connectivity index (χ2v) is 12.4. The summed E-state index contributed by atoms with van der Waals surface area (Å²) >= 11 is 0. The van der Waals surface area contributed by atoms with Gasteiger partial charge in [0.2, 0.25) is 0 Å². The van der Waals surface area contributed by atoms with E-state index in [1.165, 1.54) is 18.2 Å². The maximum absolute atomic E-state index is 15.2. The second kappa shape index (κ2) is 7.70. The van der Waals surface area contributed by atoms with Gasteiger partial charge < -0.3 is 4.98 Å². The number of fused-ring (bicyclic) bond motifs is 5. The van der Waals surface area contributed by atoms with Crippen molar-refractivity contribution in [1.29, 1.82) is 0 Å². The molecular formula is C26H24F2N6O2S. The number of rotatable bonds is 4. The summed E-state index contributed by atoms with van der Waals surface area (Å²) in [6.07, 6.45) is 2.66. The Morgan fingerprint density at radius 1 is 1.03 bits per heavy atom. The topological polar surface area (TPSA) is 114 Å². The smallest absolute Gasteiger partial charge is 0.192 e. The zero-order valence-electron chi connectivity index (χ0n) is 20.7. The molecule has 0 radical (unpaired) electrons. The summed E-state index contributed by atoms with van der Waals surface area (Å²) in [5.41, 5.74) is 1.22. The molecule has 2 bridgehead atoms. The third kappa shape index (κ3) is 3.29. The fraction of sp³-hybridized carbons (Fsp3) is 0.346. The number of hydrogen-bond acceptors (Lipinski definition) is 7. The maximum atomic E-state index is 15.2. The van der Waals surface area contributed by atoms with E-state index in [-0.39, 0.29) is 39.0 Å². The lowest BCUT2D eigenvalue weighted by molar-refractivity contribution is 0.242. The number of aromatic nitrogens is 6. The number of nitrogens with zero attached hydrogens (tertiary/aromatic N) is 5. The summed E-state index contributed by atoms with van der Waals surface area (Å²) in [6.45, 7) is 5.92. The molecule has 0 unspecified atom stereocenters. The van der Waals surface area contributed by atoms with E-state index in [9.17, 15) is 8.42 Å². The molecular weight excluding hydrogens is 498 g/mol. The zero-order chi connectivity index (χ0) is 26.3. The standard InChI is InChI=1S/C26H24F2N6O2S/c1-13-29-24(34-31-13)14-10-17(27)22(18(28)11-14)19-12-15-16-8-9-26(25(16,2)3,23(15)33-32-19)20-6-5-7-21(30-20)37(4,35)36/h5-7,10-12,16H,8-9H2,1-4H3,(H,29,31,34)/t16-,26-/m0/s1. The number of halogens is 2. The molecule has 37 heavy (non-hydrogen) atoms. The Kier molecular flexibility index (Phi) is 4.95. The van der Waals surface area contributed by atoms with E-state index in [0.29, 0.717) is 17.2 Å². The van der Waals surface area contributed by atoms with E-state index in [2.05, 4.69) is 44.2 Å². The highest BCUT2D eigenvalue weighted by Crippen LogP contribution is 2.69. The molecule has 6 rings (SSSR count). The van der Waals surface area contributed by atoms with Crippen LogP contribution in [0.2, 0.25) is 0 Å². The van der Waals surface area contributed by atoms with E-state index in [1.807, 2.05) is 6.07 Å². The number of pyridine rings is 1. The molecule has 2 atom stereocenters. The number of aromatic amines is 1. The fourth-order valence-electron chi connectivity index (χ4n) is 6.30. The summed E-state index contributed by atoms with van der Waals surface area (Å²) in [6, 6.07) is 9.12. The first-order valence-electron chi connectivity index (χ1n) is 11.9. The molecule has 0 saturated heterocycles. The molecule has 1 saturated carbocycles. The van der Waals surface area contributed by atoms with Gasteiger partial charge in [0.15, 0.2) is 20.7 Å². The van der Waals surface area contributed by atoms with Crippen LogP contribution in [0.4, 0.5) is 8.78 Å². The van der Waals surface area contributed by atoms with Gasteiger partial charge in [0, 0.05) is 11.8 Å². The minimum atomic E-state index is -3.51. The van der Waals surface area contributed by atoms with Crippen molar-refractivity contribution in [1.82, 2.24) is 30.4 Å². The lowest BCUT2D eigenvalue weighted by Gasteiger charge is -2.37. The molecule has 4 aromatic rings. The predicted octanol–water partition coefficient (Wildman–Crippen LogP) is 4.52. The Balaban J connectivity index is 1.48. The second-order valence-electron chi connectivity index (χ2n) is 10.5. The van der Waals surface area contributed by atoms with Crippen molar-refractivity contribution in [3.05, 3.63) is 70.8 Å². The minimum absolute atomic E-state index is 0.00263. The summed E-state index contributed by atoms with van der Waals surface area (Å²) in [7, 11) is -3.51. The Morgan fingerprint density at radius 3 is 2.41 bits per heavy atom. The molecule has 3 aromatic heterocycles. The molecule has 11 heteroatoms. The van der Waals surface area contributed by atoms with Gasteiger partial charge in [-0.05, 0) is 67.0 Å². The molecule has 8 nitrogen and oxygen atoms in total. The van der Waals surface area contributed by atoms with Gasteiger partial charge in [0.05, 0.1) is 28.1 Å². The van der Waals surface area contributed by atoms with Crippen LogP contribution in [0.1, 0.15) is 55.4 Å². The number of aryl methyl sites for hydroxylation is 1. The average molecular weight is 523 g/mol. The molecule has 2 aliphatic carbocycles. The monoisotopic (exact) mass is 522 g/mol. The van der Waals surface area contributed by atoms with E-state index >= 15 is 8.78 Å². The van der Waals surface area contributed by atoms with Crippen LogP contribution in [-0.4, -0.2) is 45.0 Å². The van der Waals surface area contributed by atoms with Crippen molar-refractivity contribution in [2.45, 2.75) is 50.0 Å². The van der Waals surface area contributed by atoms with Crippen LogP contribution in [0.5, 0.6) is 0 Å². The first kappa shape index (κ1) is 23.8. The molecule has 1 N–H and O–H groups in total. The highest BCUT2D eigenvalue weighted by atomic mass is 32.2. The SMILES string of the molecule is Cc1nnc(-c2cc(F)c(-c3cc4c(nn3)[C@@]3(c5cccc(S(C)(=O)=O)n5)CC[C@@H]4C3(C)C)c(F)c2)[nH]1. The highest BCUT2D eigenvalue weighted by molar-refractivity contribution is 7.90. The van der Waals surface area contributed by atoms with Crippen LogP contribution in [0, 0.1) is 24.0 Å². The third-order valence-corrected chi connectivity index (χ3v) is 9.08. The van der Waals surface area contributed by atoms with Crippen LogP contribution in [0.25, 0.3) is 22.6 Å². The molecule has 2 aliphatic rings. The first-order valence-corrected chi connectivity index (χ1v) is 13.8. The Bertz CT molecular complexity index is 1680. The van der Waals surface area contributed by atoms with E-state index in [1.54, 1.807) is 19.1 Å². The minimum Gasteiger partial charge on any atom is -0.325 e. The normalized spacial score (nSPS) is 21.8. The number of H-pyrrole nitrogens is 1. The number of sulfone groups is 1. The summed E-state index contributed by atoms with van der Waals surface area (Å²) < 4.78 is 54.9. The van der Waals surface area contributed by atoms with Crippen molar-refractivity contribution in [2.24, 2.45) is 5.41 Å². The largest absolute Gasteiger partial charge is 0.325 e. The van der Waals surface area contributed by atoms with Gasteiger partial charge >= 0.3 is 0 Å². The maximum Gasteiger partial charge on any atom is 0.192 e. The van der Waals surface area contributed by atoms with Crippen LogP contribution < -0.4 is 0 Å². The number of hydrogen-bond donors (Lipinski definition) is 1. The van der Waals surface area contributed by atoms with Gasteiger partial charge in [-0.25, -0.2) is 22.2 Å². The van der Waals surface area contributed by atoms with Crippen LogP contribution in [-0.2, 0) is 15.3 Å². The summed E-state index contributed by atoms with van der Waals surface area (Å²) in [5, 5.41) is 16.5. The summed E-state index contributed by atoms with van der Waals surface area (Å²) in [5.74, 6) is -0.710. The highest BCUT2D eigenvalue weighted by Gasteiger charge is 2.65. The van der Waals surface area contributed by atoms with E-state index < -0.39 is 26.9 Å². The van der Waals surface area contributed by atoms with Gasteiger partial charge in [-0.3, -0.25) is 0 Å². The zero-order valence-corrected chi connectivity index (χ0v) is 21.5. The Labute approximate surface area is 212 Å². The van der Waals surface area contributed by atoms with Gasteiger partial charge in [-0.15, -0.1) is 15.3 Å². The Morgan fingerprint density at radius 2 is 1.76 bits per heavy atom. The Hall–Kier alpha value is -3.60. The molecule has 0 amide bonds. The van der Waals surface area contributed by atoms with Crippen molar-refractivity contribution in [3.63, 3.8) is 0 Å². The van der Waals surface area contributed by atoms with Crippen molar-refractivity contribution < 1.29 is 17.2 Å². The van der Waals surface area contributed by atoms with Gasteiger partial charge in [0.25, 0.3) is 0 Å². The first-order chi connectivity index (χ1) is 17.4.